The van der Waals surface area contributed by atoms with Gasteiger partial charge >= 0.3 is 0 Å². The first kappa shape index (κ1) is 27.2. The third-order valence-corrected chi connectivity index (χ3v) is 10.1. The maximum Gasteiger partial charge on any atom is 0.261 e. The fourth-order valence-corrected chi connectivity index (χ4v) is 7.32. The molecule has 4 aromatic carbocycles. The molecule has 4 rings (SSSR count). The number of hydrogen-bond acceptors (Lipinski definition) is 2. The molecule has 0 aliphatic rings. The van der Waals surface area contributed by atoms with Crippen LogP contribution in [0.25, 0.3) is 0 Å². The molecule has 0 unspecified atom stereocenters. The lowest BCUT2D eigenvalue weighted by Gasteiger charge is -2.19. The van der Waals surface area contributed by atoms with E-state index in [1.807, 2.05) is 34.9 Å². The number of rotatable bonds is 5. The lowest BCUT2D eigenvalue weighted by Crippen LogP contribution is -2.10. The lowest BCUT2D eigenvalue weighted by atomic mass is 9.87. The average molecular weight is 532 g/mol. The standard InChI is InChI=1S/C33H39S3/c1-31(2,3)22-10-16-25(17-11-22)34-28-29(35-26-18-12-23(13-19-26)32(4,5)6)30(28)36-27-20-14-24(15-21-27)33(7,8)9/h10-21H,1-9H3/q+1. The summed E-state index contributed by atoms with van der Waals surface area (Å²) in [4.78, 5) is 6.73. The molecule has 0 saturated heterocycles. The van der Waals surface area contributed by atoms with Crippen LogP contribution >= 0.6 is 23.5 Å². The van der Waals surface area contributed by atoms with E-state index in [-0.39, 0.29) is 16.2 Å². The van der Waals surface area contributed by atoms with Gasteiger partial charge in [-0.25, -0.2) is 0 Å². The highest BCUT2D eigenvalue weighted by atomic mass is 32.2. The van der Waals surface area contributed by atoms with E-state index in [1.165, 1.54) is 45.7 Å². The second-order valence-corrected chi connectivity index (χ2v) is 15.9. The van der Waals surface area contributed by atoms with Crippen LogP contribution in [-0.4, -0.2) is 0 Å². The zero-order chi connectivity index (χ0) is 26.3. The smallest absolute Gasteiger partial charge is 0.0828 e. The summed E-state index contributed by atoms with van der Waals surface area (Å²) in [7, 11) is 0. The maximum atomic E-state index is 2.28. The Labute approximate surface area is 231 Å². The summed E-state index contributed by atoms with van der Waals surface area (Å²) in [5.41, 5.74) is 4.66. The third-order valence-electron chi connectivity index (χ3n) is 6.38. The van der Waals surface area contributed by atoms with Crippen molar-refractivity contribution in [1.29, 1.82) is 0 Å². The Hall–Kier alpha value is -1.81. The van der Waals surface area contributed by atoms with Gasteiger partial charge in [0.25, 0.3) is 4.51 Å². The summed E-state index contributed by atoms with van der Waals surface area (Å²) < 4.78 is 1.41. The topological polar surface area (TPSA) is 0 Å². The molecule has 0 saturated carbocycles. The zero-order valence-electron chi connectivity index (χ0n) is 23.2. The van der Waals surface area contributed by atoms with E-state index in [9.17, 15) is 0 Å². The van der Waals surface area contributed by atoms with Crippen LogP contribution in [0.5, 0.6) is 0 Å². The highest BCUT2D eigenvalue weighted by Gasteiger charge is 2.31. The molecule has 36 heavy (non-hydrogen) atoms. The summed E-state index contributed by atoms with van der Waals surface area (Å²) in [5.74, 6) is 0. The molecular formula is C33H39S3+. The van der Waals surface area contributed by atoms with E-state index in [0.29, 0.717) is 0 Å². The summed E-state index contributed by atoms with van der Waals surface area (Å²) >= 11 is 5.70. The Morgan fingerprint density at radius 3 is 1.06 bits per heavy atom. The maximum absolute atomic E-state index is 2.28. The van der Waals surface area contributed by atoms with E-state index in [0.717, 1.165) is 0 Å². The molecule has 0 aromatic heterocycles. The molecule has 0 heterocycles. The van der Waals surface area contributed by atoms with Crippen LogP contribution in [0.3, 0.4) is 0 Å². The molecule has 0 aliphatic heterocycles. The van der Waals surface area contributed by atoms with Gasteiger partial charge in [-0.1, -0.05) is 122 Å². The van der Waals surface area contributed by atoms with Crippen LogP contribution in [0.2, 0.25) is 0 Å². The van der Waals surface area contributed by atoms with Gasteiger partial charge in [0.05, 0.1) is 9.79 Å². The van der Waals surface area contributed by atoms with Crippen LogP contribution in [0.4, 0.5) is 0 Å². The number of benzene rings is 3. The molecule has 0 atom stereocenters. The Morgan fingerprint density at radius 1 is 0.444 bits per heavy atom. The van der Waals surface area contributed by atoms with Gasteiger partial charge in [-0.3, -0.25) is 0 Å². The lowest BCUT2D eigenvalue weighted by molar-refractivity contribution is 0.589. The predicted molar refractivity (Wildman–Crippen MR) is 161 cm³/mol. The van der Waals surface area contributed by atoms with Crippen LogP contribution in [-0.2, 0) is 27.6 Å². The SMILES string of the molecule is CC(C)(C)c1ccc(Sc2c(Sc3ccc(C(C)(C)C)cc3)c2=[S+]c2ccc(C(C)(C)C)cc2)cc1. The molecule has 0 radical (unpaired) electrons. The summed E-state index contributed by atoms with van der Waals surface area (Å²) in [6.07, 6.45) is 0. The fourth-order valence-electron chi connectivity index (χ4n) is 3.84. The molecule has 188 valence electrons. The monoisotopic (exact) mass is 531 g/mol. The van der Waals surface area contributed by atoms with Crippen molar-refractivity contribution in [3.63, 3.8) is 0 Å². The van der Waals surface area contributed by atoms with Crippen LogP contribution < -0.4 is 0 Å². The van der Waals surface area contributed by atoms with Crippen molar-refractivity contribution in [2.75, 3.05) is 0 Å². The van der Waals surface area contributed by atoms with Gasteiger partial charge in [-0.2, -0.15) is 0 Å². The summed E-state index contributed by atoms with van der Waals surface area (Å²) in [6, 6.07) is 27.3. The first-order valence-corrected chi connectivity index (χ1v) is 15.1. The Balaban J connectivity index is 1.63. The molecule has 4 aromatic rings. The largest absolute Gasteiger partial charge is 0.261 e. The minimum Gasteiger partial charge on any atom is -0.0828 e. The normalized spacial score (nSPS) is 12.8. The van der Waals surface area contributed by atoms with Gasteiger partial charge in [0.1, 0.15) is 0 Å². The third kappa shape index (κ3) is 6.73. The first-order chi connectivity index (χ1) is 16.7. The molecule has 0 N–H and O–H groups in total. The quantitative estimate of drug-likeness (QED) is 0.185. The van der Waals surface area contributed by atoms with Crippen LogP contribution in [0.15, 0.2) is 97.3 Å². The van der Waals surface area contributed by atoms with E-state index in [2.05, 4.69) is 135 Å². The minimum atomic E-state index is 0.175. The van der Waals surface area contributed by atoms with E-state index in [1.54, 1.807) is 0 Å². The second-order valence-electron chi connectivity index (χ2n) is 12.6. The molecule has 0 bridgehead atoms. The first-order valence-electron chi connectivity index (χ1n) is 12.7. The number of hydrogen-bond donors (Lipinski definition) is 0. The molecule has 0 fully saturated rings. The Kier molecular flexibility index (Phi) is 7.68. The van der Waals surface area contributed by atoms with Crippen molar-refractivity contribution < 1.29 is 0 Å². The minimum absolute atomic E-state index is 0.175. The van der Waals surface area contributed by atoms with Crippen molar-refractivity contribution >= 4 is 34.9 Å². The van der Waals surface area contributed by atoms with Gasteiger partial charge < -0.3 is 0 Å². The summed E-state index contributed by atoms with van der Waals surface area (Å²) in [5, 5.41) is 0. The van der Waals surface area contributed by atoms with Gasteiger partial charge in [-0.05, 0) is 57.2 Å². The molecule has 0 spiro atoms. The van der Waals surface area contributed by atoms with E-state index in [4.69, 9.17) is 0 Å². The van der Waals surface area contributed by atoms with Gasteiger partial charge in [0, 0.05) is 21.9 Å². The zero-order valence-corrected chi connectivity index (χ0v) is 25.6. The molecule has 3 heteroatoms. The second kappa shape index (κ2) is 10.2. The molecule has 0 nitrogen and oxygen atoms in total. The fraction of sp³-hybridized carbons (Fsp3) is 0.364. The van der Waals surface area contributed by atoms with Gasteiger partial charge in [0.15, 0.2) is 0 Å². The Morgan fingerprint density at radius 2 is 0.750 bits per heavy atom. The van der Waals surface area contributed by atoms with Gasteiger partial charge in [0.2, 0.25) is 16.2 Å². The van der Waals surface area contributed by atoms with Crippen LogP contribution in [0, 0.1) is 4.51 Å². The van der Waals surface area contributed by atoms with Crippen molar-refractivity contribution in [2.24, 2.45) is 0 Å². The van der Waals surface area contributed by atoms with Crippen molar-refractivity contribution in [1.82, 2.24) is 0 Å². The molecular weight excluding hydrogens is 493 g/mol. The van der Waals surface area contributed by atoms with E-state index >= 15 is 0 Å². The van der Waals surface area contributed by atoms with Crippen molar-refractivity contribution in [3.8, 4) is 0 Å². The summed E-state index contributed by atoms with van der Waals surface area (Å²) in [6.45, 7) is 20.4. The van der Waals surface area contributed by atoms with Crippen LogP contribution in [0.1, 0.15) is 79.0 Å². The van der Waals surface area contributed by atoms with E-state index < -0.39 is 0 Å². The molecule has 0 aliphatic carbocycles. The molecule has 0 amide bonds. The highest BCUT2D eigenvalue weighted by Crippen LogP contribution is 2.49. The van der Waals surface area contributed by atoms with Gasteiger partial charge in [-0.15, -0.1) is 0 Å². The average Bonchev–Trinajstić information content (AvgIpc) is 3.42. The Bertz CT molecular complexity index is 1250. The highest BCUT2D eigenvalue weighted by molar-refractivity contribution is 8.03. The van der Waals surface area contributed by atoms with Crippen molar-refractivity contribution in [3.05, 3.63) is 94.0 Å². The van der Waals surface area contributed by atoms with Crippen molar-refractivity contribution in [2.45, 2.75) is 103 Å². The predicted octanol–water partition coefficient (Wildman–Crippen LogP) is 10.4.